The van der Waals surface area contributed by atoms with Crippen LogP contribution in [0.2, 0.25) is 0 Å². The van der Waals surface area contributed by atoms with Gasteiger partial charge in [-0.1, -0.05) is 0 Å². The van der Waals surface area contributed by atoms with Gasteiger partial charge in [-0.25, -0.2) is 9.78 Å². The highest BCUT2D eigenvalue weighted by molar-refractivity contribution is 5.94. The number of amides is 4. The van der Waals surface area contributed by atoms with Crippen LogP contribution in [0.25, 0.3) is 0 Å². The molecule has 0 radical (unpaired) electrons. The summed E-state index contributed by atoms with van der Waals surface area (Å²) in [5, 5.41) is 14.3. The molecular formula is C18H27N7O6. The number of carbonyl (C=O) groups is 5. The minimum Gasteiger partial charge on any atom is -0.480 e. The highest BCUT2D eigenvalue weighted by Gasteiger charge is 2.36. The molecule has 0 unspecified atom stereocenters. The number of carboxylic acid groups (broad SMARTS) is 1. The first-order valence-electron chi connectivity index (χ1n) is 9.82. The summed E-state index contributed by atoms with van der Waals surface area (Å²) in [5.74, 6) is -3.72. The summed E-state index contributed by atoms with van der Waals surface area (Å²) in [6.45, 7) is 0.125. The number of H-pyrrole nitrogens is 1. The SMILES string of the molecule is NCC(=O)N1CCC[C@H]1C(=O)N[C@@H](CCC(N)=O)C(=O)N[C@@H](Cc1c[nH]cn1)C(=O)O. The molecule has 13 heteroatoms. The molecule has 1 fully saturated rings. The smallest absolute Gasteiger partial charge is 0.326 e. The molecule has 1 aliphatic heterocycles. The minimum atomic E-state index is -1.30. The van der Waals surface area contributed by atoms with E-state index in [4.69, 9.17) is 11.5 Å². The summed E-state index contributed by atoms with van der Waals surface area (Å²) in [5.41, 5.74) is 11.0. The summed E-state index contributed by atoms with van der Waals surface area (Å²) in [6, 6.07) is -3.30. The van der Waals surface area contributed by atoms with Crippen molar-refractivity contribution in [2.75, 3.05) is 13.1 Å². The van der Waals surface area contributed by atoms with Crippen molar-refractivity contribution in [3.63, 3.8) is 0 Å². The van der Waals surface area contributed by atoms with Crippen molar-refractivity contribution in [3.05, 3.63) is 18.2 Å². The normalized spacial score (nSPS) is 17.6. The van der Waals surface area contributed by atoms with Crippen molar-refractivity contribution in [2.24, 2.45) is 11.5 Å². The molecule has 13 nitrogen and oxygen atoms in total. The zero-order chi connectivity index (χ0) is 23.0. The standard InChI is InChI=1S/C18H27N7O6/c19-7-15(27)25-5-1-2-13(25)17(29)23-11(3-4-14(20)26)16(28)24-12(18(30)31)6-10-8-21-9-22-10/h8-9,11-13H,1-7,19H2,(H2,20,26)(H,21,22)(H,23,29)(H,24,28)(H,30,31)/t11-,12-,13-/m0/s1. The number of aromatic nitrogens is 2. The molecule has 3 atom stereocenters. The van der Waals surface area contributed by atoms with Crippen LogP contribution in [-0.4, -0.2) is 80.8 Å². The summed E-state index contributed by atoms with van der Waals surface area (Å²) >= 11 is 0. The number of aromatic amines is 1. The first kappa shape index (κ1) is 23.8. The molecular weight excluding hydrogens is 410 g/mol. The van der Waals surface area contributed by atoms with Crippen LogP contribution in [0, 0.1) is 0 Å². The van der Waals surface area contributed by atoms with E-state index in [-0.39, 0.29) is 31.7 Å². The monoisotopic (exact) mass is 437 g/mol. The Morgan fingerprint density at radius 2 is 2.00 bits per heavy atom. The molecule has 0 aromatic carbocycles. The van der Waals surface area contributed by atoms with Gasteiger partial charge in [0.15, 0.2) is 0 Å². The van der Waals surface area contributed by atoms with Crippen molar-refractivity contribution in [3.8, 4) is 0 Å². The maximum absolute atomic E-state index is 12.8. The maximum Gasteiger partial charge on any atom is 0.326 e. The fraction of sp³-hybridized carbons (Fsp3) is 0.556. The maximum atomic E-state index is 12.8. The van der Waals surface area contributed by atoms with Gasteiger partial charge >= 0.3 is 5.97 Å². The first-order chi connectivity index (χ1) is 14.7. The van der Waals surface area contributed by atoms with E-state index in [2.05, 4.69) is 20.6 Å². The Labute approximate surface area is 177 Å². The number of hydrogen-bond acceptors (Lipinski definition) is 7. The van der Waals surface area contributed by atoms with E-state index in [1.165, 1.54) is 17.4 Å². The lowest BCUT2D eigenvalue weighted by molar-refractivity contribution is -0.143. The number of carboxylic acids is 1. The number of imidazole rings is 1. The molecule has 8 N–H and O–H groups in total. The summed E-state index contributed by atoms with van der Waals surface area (Å²) in [6.07, 6.45) is 3.47. The van der Waals surface area contributed by atoms with Gasteiger partial charge < -0.3 is 37.1 Å². The lowest BCUT2D eigenvalue weighted by Gasteiger charge is -2.26. The Morgan fingerprint density at radius 1 is 1.26 bits per heavy atom. The molecule has 1 aliphatic rings. The van der Waals surface area contributed by atoms with Gasteiger partial charge in [0, 0.05) is 25.6 Å². The lowest BCUT2D eigenvalue weighted by atomic mass is 10.1. The van der Waals surface area contributed by atoms with E-state index in [1.54, 1.807) is 0 Å². The quantitative estimate of drug-likeness (QED) is 0.212. The Bertz CT molecular complexity index is 812. The van der Waals surface area contributed by atoms with Crippen molar-refractivity contribution in [1.82, 2.24) is 25.5 Å². The predicted molar refractivity (Wildman–Crippen MR) is 106 cm³/mol. The van der Waals surface area contributed by atoms with Crippen molar-refractivity contribution in [1.29, 1.82) is 0 Å². The second kappa shape index (κ2) is 11.1. The molecule has 0 saturated carbocycles. The van der Waals surface area contributed by atoms with Crippen LogP contribution in [0.4, 0.5) is 0 Å². The average Bonchev–Trinajstić information content (AvgIpc) is 3.41. The van der Waals surface area contributed by atoms with E-state index < -0.39 is 41.8 Å². The van der Waals surface area contributed by atoms with Gasteiger partial charge in [-0.2, -0.15) is 0 Å². The third-order valence-electron chi connectivity index (χ3n) is 4.95. The van der Waals surface area contributed by atoms with Gasteiger partial charge in [-0.05, 0) is 19.3 Å². The van der Waals surface area contributed by atoms with Gasteiger partial charge in [0.25, 0.3) is 0 Å². The highest BCUT2D eigenvalue weighted by atomic mass is 16.4. The van der Waals surface area contributed by atoms with Crippen LogP contribution in [0.15, 0.2) is 12.5 Å². The van der Waals surface area contributed by atoms with Crippen molar-refractivity contribution in [2.45, 2.75) is 50.2 Å². The van der Waals surface area contributed by atoms with Crippen LogP contribution in [0.3, 0.4) is 0 Å². The topological polar surface area (TPSA) is 214 Å². The Hall–Kier alpha value is -3.48. The fourth-order valence-electron chi connectivity index (χ4n) is 3.36. The molecule has 1 saturated heterocycles. The number of primary amides is 1. The molecule has 4 amide bonds. The molecule has 2 rings (SSSR count). The number of nitrogens with zero attached hydrogens (tertiary/aromatic N) is 2. The number of likely N-dealkylation sites (tertiary alicyclic amines) is 1. The van der Waals surface area contributed by atoms with Gasteiger partial charge in [0.2, 0.25) is 23.6 Å². The van der Waals surface area contributed by atoms with Crippen LogP contribution in [0.5, 0.6) is 0 Å². The van der Waals surface area contributed by atoms with E-state index in [0.29, 0.717) is 25.1 Å². The van der Waals surface area contributed by atoms with Crippen LogP contribution in [-0.2, 0) is 30.4 Å². The second-order valence-electron chi connectivity index (χ2n) is 7.18. The molecule has 0 aliphatic carbocycles. The summed E-state index contributed by atoms with van der Waals surface area (Å²) < 4.78 is 0. The molecule has 2 heterocycles. The summed E-state index contributed by atoms with van der Waals surface area (Å²) in [7, 11) is 0. The minimum absolute atomic E-state index is 0.0809. The number of rotatable bonds is 11. The largest absolute Gasteiger partial charge is 0.480 e. The zero-order valence-corrected chi connectivity index (χ0v) is 16.9. The number of nitrogens with one attached hydrogen (secondary N) is 3. The average molecular weight is 437 g/mol. The predicted octanol–water partition coefficient (Wildman–Crippen LogP) is -2.78. The number of carbonyl (C=O) groups excluding carboxylic acids is 4. The van der Waals surface area contributed by atoms with E-state index in [9.17, 15) is 29.1 Å². The second-order valence-corrected chi connectivity index (χ2v) is 7.18. The molecule has 0 bridgehead atoms. The molecule has 0 spiro atoms. The van der Waals surface area contributed by atoms with Gasteiger partial charge in [0.05, 0.1) is 18.6 Å². The van der Waals surface area contributed by atoms with Gasteiger partial charge in [-0.15, -0.1) is 0 Å². The molecule has 1 aromatic rings. The van der Waals surface area contributed by atoms with Crippen molar-refractivity contribution < 1.29 is 29.1 Å². The number of nitrogens with two attached hydrogens (primary N) is 2. The zero-order valence-electron chi connectivity index (χ0n) is 16.9. The Kier molecular flexibility index (Phi) is 8.49. The molecule has 170 valence electrons. The van der Waals surface area contributed by atoms with Gasteiger partial charge in [0.1, 0.15) is 18.1 Å². The van der Waals surface area contributed by atoms with E-state index in [0.717, 1.165) is 0 Å². The highest BCUT2D eigenvalue weighted by Crippen LogP contribution is 2.17. The third-order valence-corrected chi connectivity index (χ3v) is 4.95. The van der Waals surface area contributed by atoms with E-state index >= 15 is 0 Å². The first-order valence-corrected chi connectivity index (χ1v) is 9.82. The van der Waals surface area contributed by atoms with E-state index in [1.807, 2.05) is 0 Å². The molecule has 1 aromatic heterocycles. The fourth-order valence-corrected chi connectivity index (χ4v) is 3.36. The Balaban J connectivity index is 2.09. The van der Waals surface area contributed by atoms with Gasteiger partial charge in [-0.3, -0.25) is 19.2 Å². The Morgan fingerprint density at radius 3 is 2.58 bits per heavy atom. The molecule has 31 heavy (non-hydrogen) atoms. The summed E-state index contributed by atoms with van der Waals surface area (Å²) in [4.78, 5) is 68.2. The third kappa shape index (κ3) is 6.77. The lowest BCUT2D eigenvalue weighted by Crippen LogP contribution is -2.56. The number of aliphatic carboxylic acids is 1. The van der Waals surface area contributed by atoms with Crippen LogP contribution < -0.4 is 22.1 Å². The number of hydrogen-bond donors (Lipinski definition) is 6. The van der Waals surface area contributed by atoms with Crippen LogP contribution >= 0.6 is 0 Å². The van der Waals surface area contributed by atoms with Crippen molar-refractivity contribution >= 4 is 29.6 Å². The van der Waals surface area contributed by atoms with Crippen LogP contribution in [0.1, 0.15) is 31.4 Å².